The molecule has 4 aromatic rings. The van der Waals surface area contributed by atoms with E-state index in [1.54, 1.807) is 24.3 Å². The molecule has 1 aliphatic rings. The van der Waals surface area contributed by atoms with Crippen LogP contribution in [0.4, 0.5) is 14.5 Å². The third-order valence-corrected chi connectivity index (χ3v) is 6.17. The summed E-state index contributed by atoms with van der Waals surface area (Å²) in [4.78, 5) is 20.5. The van der Waals surface area contributed by atoms with Gasteiger partial charge in [0, 0.05) is 16.8 Å². The van der Waals surface area contributed by atoms with Crippen molar-refractivity contribution in [1.29, 1.82) is 0 Å². The summed E-state index contributed by atoms with van der Waals surface area (Å²) >= 11 is 11.9. The lowest BCUT2D eigenvalue weighted by atomic mass is 9.94. The van der Waals surface area contributed by atoms with Crippen molar-refractivity contribution in [3.8, 4) is 28.4 Å². The van der Waals surface area contributed by atoms with Crippen LogP contribution < -0.4 is 10.1 Å². The lowest BCUT2D eigenvalue weighted by Gasteiger charge is -2.32. The maximum atomic E-state index is 14.5. The standard InChI is InChI=1S/C25H17Cl2F2N3O2/c1-25(2)22-21(31-23(32-22)20-16(27)4-3-5-17(20)28)14-8-6-12(10-19(14)34-25)24(33)30-13-7-9-15(26)18(29)11-13/h3-11H,1-2H3,(H,30,33)(H,31,32). The molecule has 1 amide bonds. The van der Waals surface area contributed by atoms with Crippen LogP contribution in [0.15, 0.2) is 54.6 Å². The number of fused-ring (bicyclic) bond motifs is 3. The first-order chi connectivity index (χ1) is 16.1. The fourth-order valence-corrected chi connectivity index (χ4v) is 4.26. The molecule has 0 bridgehead atoms. The Bertz CT molecular complexity index is 1450. The number of hydrogen-bond donors (Lipinski definition) is 2. The number of amides is 1. The van der Waals surface area contributed by atoms with Crippen molar-refractivity contribution in [2.45, 2.75) is 19.4 Å². The number of anilines is 1. The highest BCUT2D eigenvalue weighted by Gasteiger charge is 2.37. The summed E-state index contributed by atoms with van der Waals surface area (Å²) in [7, 11) is 0. The molecule has 0 aliphatic carbocycles. The largest absolute Gasteiger partial charge is 0.481 e. The number of ether oxygens (including phenoxy) is 1. The van der Waals surface area contributed by atoms with Gasteiger partial charge in [-0.2, -0.15) is 0 Å². The molecule has 0 radical (unpaired) electrons. The van der Waals surface area contributed by atoms with Crippen molar-refractivity contribution in [3.05, 3.63) is 87.5 Å². The fourth-order valence-electron chi connectivity index (χ4n) is 3.89. The van der Waals surface area contributed by atoms with E-state index in [0.717, 1.165) is 6.07 Å². The average molecular weight is 500 g/mol. The Balaban J connectivity index is 1.53. The maximum Gasteiger partial charge on any atom is 0.255 e. The second kappa shape index (κ2) is 8.11. The molecule has 1 aliphatic heterocycles. The summed E-state index contributed by atoms with van der Waals surface area (Å²) < 4.78 is 34.4. The average Bonchev–Trinajstić information content (AvgIpc) is 3.22. The molecule has 3 aromatic carbocycles. The predicted molar refractivity (Wildman–Crippen MR) is 127 cm³/mol. The number of aromatic nitrogens is 2. The van der Waals surface area contributed by atoms with E-state index >= 15 is 0 Å². The fraction of sp³-hybridized carbons (Fsp3) is 0.120. The van der Waals surface area contributed by atoms with E-state index in [1.165, 1.54) is 24.3 Å². The molecule has 0 fully saturated rings. The van der Waals surface area contributed by atoms with E-state index in [0.29, 0.717) is 28.3 Å². The molecule has 1 aromatic heterocycles. The predicted octanol–water partition coefficient (Wildman–Crippen LogP) is 7.21. The number of hydrogen-bond acceptors (Lipinski definition) is 3. The van der Waals surface area contributed by atoms with E-state index in [2.05, 4.69) is 15.3 Å². The molecular formula is C25H17Cl2F2N3O2. The van der Waals surface area contributed by atoms with Crippen LogP contribution >= 0.6 is 23.2 Å². The van der Waals surface area contributed by atoms with Crippen LogP contribution in [0.3, 0.4) is 0 Å². The number of nitrogens with one attached hydrogen (secondary N) is 2. The van der Waals surface area contributed by atoms with Crippen LogP contribution in [0.25, 0.3) is 22.6 Å². The lowest BCUT2D eigenvalue weighted by molar-refractivity contribution is 0.0985. The zero-order chi connectivity index (χ0) is 24.2. The van der Waals surface area contributed by atoms with E-state index < -0.39 is 23.1 Å². The first-order valence-corrected chi connectivity index (χ1v) is 11.0. The highest BCUT2D eigenvalue weighted by Crippen LogP contribution is 2.45. The Hall–Kier alpha value is -3.42. The Morgan fingerprint density at radius 3 is 2.56 bits per heavy atom. The molecule has 0 saturated heterocycles. The third-order valence-electron chi connectivity index (χ3n) is 5.55. The topological polar surface area (TPSA) is 67.0 Å². The van der Waals surface area contributed by atoms with Crippen LogP contribution in [0, 0.1) is 11.6 Å². The van der Waals surface area contributed by atoms with Crippen molar-refractivity contribution in [1.82, 2.24) is 9.97 Å². The smallest absolute Gasteiger partial charge is 0.255 e. The van der Waals surface area contributed by atoms with Gasteiger partial charge >= 0.3 is 0 Å². The third kappa shape index (κ3) is 3.81. The number of carbonyl (C=O) groups is 1. The first-order valence-electron chi connectivity index (χ1n) is 10.3. The van der Waals surface area contributed by atoms with Gasteiger partial charge in [-0.25, -0.2) is 13.8 Å². The number of aromatic amines is 1. The molecule has 0 atom stereocenters. The summed E-state index contributed by atoms with van der Waals surface area (Å²) in [6.07, 6.45) is 0. The number of H-pyrrole nitrogens is 1. The number of benzene rings is 3. The summed E-state index contributed by atoms with van der Waals surface area (Å²) in [5, 5.41) is 2.84. The maximum absolute atomic E-state index is 14.5. The van der Waals surface area contributed by atoms with Gasteiger partial charge in [0.15, 0.2) is 0 Å². The Morgan fingerprint density at radius 1 is 1.03 bits per heavy atom. The van der Waals surface area contributed by atoms with Gasteiger partial charge in [0.05, 0.1) is 27.0 Å². The van der Waals surface area contributed by atoms with Crippen molar-refractivity contribution >= 4 is 34.8 Å². The van der Waals surface area contributed by atoms with Gasteiger partial charge in [-0.05, 0) is 62.4 Å². The molecule has 172 valence electrons. The zero-order valence-electron chi connectivity index (χ0n) is 18.0. The molecule has 5 nitrogen and oxygen atoms in total. The zero-order valence-corrected chi connectivity index (χ0v) is 19.5. The van der Waals surface area contributed by atoms with Gasteiger partial charge in [0.2, 0.25) is 0 Å². The molecule has 5 rings (SSSR count). The van der Waals surface area contributed by atoms with Crippen molar-refractivity contribution in [2.24, 2.45) is 0 Å². The summed E-state index contributed by atoms with van der Waals surface area (Å²) in [5.74, 6) is -0.859. The molecule has 0 spiro atoms. The van der Waals surface area contributed by atoms with Crippen molar-refractivity contribution in [2.75, 3.05) is 5.32 Å². The minimum atomic E-state index is -0.847. The number of nitrogens with zero attached hydrogens (tertiary/aromatic N) is 1. The molecular weight excluding hydrogens is 483 g/mol. The number of carbonyl (C=O) groups excluding carboxylic acids is 1. The van der Waals surface area contributed by atoms with E-state index in [9.17, 15) is 13.6 Å². The summed E-state index contributed by atoms with van der Waals surface area (Å²) in [6.45, 7) is 3.67. The van der Waals surface area contributed by atoms with Crippen LogP contribution in [0.2, 0.25) is 10.0 Å². The van der Waals surface area contributed by atoms with E-state index in [1.807, 2.05) is 13.8 Å². The van der Waals surface area contributed by atoms with Crippen LogP contribution in [0.1, 0.15) is 29.9 Å². The second-order valence-corrected chi connectivity index (χ2v) is 9.13. The highest BCUT2D eigenvalue weighted by molar-refractivity contribution is 6.33. The Kier molecular flexibility index (Phi) is 5.34. The molecule has 0 saturated carbocycles. The number of imidazole rings is 1. The van der Waals surface area contributed by atoms with Gasteiger partial charge in [-0.15, -0.1) is 0 Å². The molecule has 2 N–H and O–H groups in total. The normalized spacial score (nSPS) is 13.6. The van der Waals surface area contributed by atoms with Crippen LogP contribution in [-0.2, 0) is 5.60 Å². The molecule has 2 heterocycles. The summed E-state index contributed by atoms with van der Waals surface area (Å²) in [6, 6.07) is 13.3. The minimum absolute atomic E-state index is 0.0340. The first kappa shape index (κ1) is 22.4. The quantitative estimate of drug-likeness (QED) is 0.313. The van der Waals surface area contributed by atoms with Gasteiger partial charge in [0.1, 0.15) is 28.8 Å². The molecule has 9 heteroatoms. The Labute approximate surface area is 203 Å². The minimum Gasteiger partial charge on any atom is -0.481 e. The van der Waals surface area contributed by atoms with Gasteiger partial charge < -0.3 is 15.0 Å². The van der Waals surface area contributed by atoms with E-state index in [-0.39, 0.29) is 27.1 Å². The van der Waals surface area contributed by atoms with Gasteiger partial charge in [0.25, 0.3) is 5.91 Å². The number of halogens is 4. The van der Waals surface area contributed by atoms with Crippen LogP contribution in [-0.4, -0.2) is 15.9 Å². The van der Waals surface area contributed by atoms with E-state index in [4.69, 9.17) is 27.9 Å². The van der Waals surface area contributed by atoms with Crippen LogP contribution in [0.5, 0.6) is 5.75 Å². The molecule has 0 unspecified atom stereocenters. The summed E-state index contributed by atoms with van der Waals surface area (Å²) in [5.41, 5.74) is 1.77. The van der Waals surface area contributed by atoms with Gasteiger partial charge in [-0.3, -0.25) is 4.79 Å². The Morgan fingerprint density at radius 2 is 1.82 bits per heavy atom. The van der Waals surface area contributed by atoms with Crippen molar-refractivity contribution < 1.29 is 18.3 Å². The second-order valence-electron chi connectivity index (χ2n) is 8.31. The number of rotatable bonds is 3. The SMILES string of the molecule is CC1(C)Oc2cc(C(=O)Nc3ccc(Cl)c(F)c3)ccc2-c2nc(-c3c(F)cccc3Cl)[nH]c21. The highest BCUT2D eigenvalue weighted by atomic mass is 35.5. The molecule has 34 heavy (non-hydrogen) atoms. The lowest BCUT2D eigenvalue weighted by Crippen LogP contribution is -2.29. The van der Waals surface area contributed by atoms with Gasteiger partial charge in [-0.1, -0.05) is 29.3 Å². The van der Waals surface area contributed by atoms with Crippen molar-refractivity contribution in [3.63, 3.8) is 0 Å². The monoisotopic (exact) mass is 499 g/mol.